The zero-order chi connectivity index (χ0) is 31.5. The molecule has 0 aliphatic carbocycles. The van der Waals surface area contributed by atoms with Crippen molar-refractivity contribution in [3.63, 3.8) is 0 Å². The zero-order valence-corrected chi connectivity index (χ0v) is 24.8. The van der Waals surface area contributed by atoms with E-state index in [0.29, 0.717) is 10.9 Å². The number of carbonyl (C=O) groups excluding carboxylic acids is 1. The third kappa shape index (κ3) is 6.31. The van der Waals surface area contributed by atoms with Gasteiger partial charge in [0.2, 0.25) is 0 Å². The van der Waals surface area contributed by atoms with Crippen molar-refractivity contribution in [3.05, 3.63) is 84.3 Å². The average Bonchev–Trinajstić information content (AvgIpc) is 3.50. The third-order valence-electron chi connectivity index (χ3n) is 7.22. The number of halogens is 1. The molecule has 12 nitrogen and oxygen atoms in total. The summed E-state index contributed by atoms with van der Waals surface area (Å²) in [6, 6.07) is 16.0. The molecule has 4 N–H and O–H groups in total. The Balaban J connectivity index is 0.00000461. The molecule has 6 atom stereocenters. The molecule has 1 aliphatic heterocycles. The van der Waals surface area contributed by atoms with Crippen LogP contribution in [0, 0.1) is 12.3 Å². The number of ether oxygens (including phenoxy) is 2. The summed E-state index contributed by atoms with van der Waals surface area (Å²) in [5.74, 6) is 2.03. The van der Waals surface area contributed by atoms with Crippen molar-refractivity contribution in [2.24, 2.45) is 0 Å². The molecular weight excluding hydrogens is 592 g/mol. The van der Waals surface area contributed by atoms with Crippen molar-refractivity contribution in [1.82, 2.24) is 19.6 Å². The molecule has 2 aromatic carbocycles. The van der Waals surface area contributed by atoms with Crippen LogP contribution in [0.3, 0.4) is 0 Å². The smallest absolute Gasteiger partial charge is 0.459 e. The minimum Gasteiger partial charge on any atom is -0.468 e. The van der Waals surface area contributed by atoms with Gasteiger partial charge in [-0.05, 0) is 31.0 Å². The fourth-order valence-electron chi connectivity index (χ4n) is 4.99. The molecular formula is C30H33FN5O7P. The number of aliphatic hydroxyl groups excluding tert-OH is 1. The molecule has 0 amide bonds. The fourth-order valence-corrected chi connectivity index (χ4v) is 6.49. The van der Waals surface area contributed by atoms with Gasteiger partial charge in [0.15, 0.2) is 11.9 Å². The SMILES string of the molecule is C#Cc1cn([C@@H]2O[C@H](COP(=O)(NC(Cc3ccccc3)C(=O)OC)Oc3ccccc3)[C@@H](O)[C@@]2(C)F)c2ncnc(N)c12.[HH]. The van der Waals surface area contributed by atoms with E-state index in [0.717, 1.165) is 12.5 Å². The average molecular weight is 626 g/mol. The van der Waals surface area contributed by atoms with Crippen LogP contribution in [0.15, 0.2) is 73.2 Å². The first-order valence-corrected chi connectivity index (χ1v) is 15.1. The number of nitrogen functional groups attached to an aromatic ring is 1. The van der Waals surface area contributed by atoms with Crippen LogP contribution in [0.25, 0.3) is 11.0 Å². The van der Waals surface area contributed by atoms with E-state index >= 15 is 4.39 Å². The Labute approximate surface area is 254 Å². The molecule has 14 heteroatoms. The van der Waals surface area contributed by atoms with Crippen molar-refractivity contribution < 1.29 is 38.8 Å². The Kier molecular flexibility index (Phi) is 9.01. The largest absolute Gasteiger partial charge is 0.468 e. The standard InChI is InChI=1S/C30H31FN5O7P.H2/c1-4-20-16-36(27-24(20)26(32)33-18-34-27)29-30(2,31)25(37)23(42-29)17-41-44(39,43-21-13-9-6-10-14-21)35-22(28(38)40-3)15-19-11-7-5-8-12-19;/h1,5-14,16,18,22-23,25,29,37H,15,17H2,2-3H3,(H,35,39)(H2,32,33,34);1H/t22?,23-,25-,29-,30-,44?;/m1./s1. The number of hydrogen-bond donors (Lipinski definition) is 3. The number of hydrogen-bond acceptors (Lipinski definition) is 10. The summed E-state index contributed by atoms with van der Waals surface area (Å²) in [6.07, 6.45) is 3.86. The molecule has 44 heavy (non-hydrogen) atoms. The third-order valence-corrected chi connectivity index (χ3v) is 8.79. The fraction of sp³-hybridized carbons (Fsp3) is 0.300. The second-order valence-electron chi connectivity index (χ2n) is 10.3. The normalized spacial score (nSPS) is 23.5. The monoisotopic (exact) mass is 625 g/mol. The number of alkyl halides is 1. The van der Waals surface area contributed by atoms with E-state index in [4.69, 9.17) is 30.7 Å². The summed E-state index contributed by atoms with van der Waals surface area (Å²) >= 11 is 0. The van der Waals surface area contributed by atoms with Crippen molar-refractivity contribution in [1.29, 1.82) is 0 Å². The highest BCUT2D eigenvalue weighted by atomic mass is 31.2. The van der Waals surface area contributed by atoms with Gasteiger partial charge in [0.1, 0.15) is 41.8 Å². The Bertz CT molecular complexity index is 1720. The van der Waals surface area contributed by atoms with E-state index in [-0.39, 0.29) is 25.1 Å². The van der Waals surface area contributed by atoms with Crippen LogP contribution in [-0.4, -0.2) is 63.2 Å². The molecule has 1 saturated heterocycles. The van der Waals surface area contributed by atoms with Crippen molar-refractivity contribution in [3.8, 4) is 18.1 Å². The molecule has 1 aliphatic rings. The van der Waals surface area contributed by atoms with Crippen LogP contribution in [-0.2, 0) is 29.8 Å². The summed E-state index contributed by atoms with van der Waals surface area (Å²) < 4.78 is 54.0. The van der Waals surface area contributed by atoms with Gasteiger partial charge < -0.3 is 29.4 Å². The van der Waals surface area contributed by atoms with Gasteiger partial charge in [-0.1, -0.05) is 54.5 Å². The molecule has 4 aromatic rings. The van der Waals surface area contributed by atoms with Crippen molar-refractivity contribution in [2.75, 3.05) is 19.5 Å². The number of para-hydroxylation sites is 1. The highest BCUT2D eigenvalue weighted by Crippen LogP contribution is 2.48. The Morgan fingerprint density at radius 1 is 1.27 bits per heavy atom. The number of methoxy groups -OCH3 is 1. The number of rotatable bonds is 11. The van der Waals surface area contributed by atoms with Gasteiger partial charge in [-0.2, -0.15) is 5.09 Å². The summed E-state index contributed by atoms with van der Waals surface area (Å²) in [4.78, 5) is 20.9. The number of aliphatic hydroxyl groups is 1. The van der Waals surface area contributed by atoms with E-state index in [1.54, 1.807) is 54.6 Å². The second-order valence-corrected chi connectivity index (χ2v) is 12.0. The topological polar surface area (TPSA) is 160 Å². The van der Waals surface area contributed by atoms with Crippen LogP contribution >= 0.6 is 7.75 Å². The molecule has 0 radical (unpaired) electrons. The number of benzene rings is 2. The lowest BCUT2D eigenvalue weighted by Crippen LogP contribution is -2.42. The summed E-state index contributed by atoms with van der Waals surface area (Å²) in [5.41, 5.74) is 4.88. The number of esters is 1. The minimum atomic E-state index is -4.40. The summed E-state index contributed by atoms with van der Waals surface area (Å²) in [6.45, 7) is 0.561. The van der Waals surface area contributed by atoms with E-state index in [1.165, 1.54) is 24.2 Å². The number of fused-ring (bicyclic) bond motifs is 1. The van der Waals surface area contributed by atoms with Gasteiger partial charge in [0, 0.05) is 7.62 Å². The first-order chi connectivity index (χ1) is 21.1. The second kappa shape index (κ2) is 12.7. The van der Waals surface area contributed by atoms with Gasteiger partial charge in [0.05, 0.1) is 24.7 Å². The van der Waals surface area contributed by atoms with Gasteiger partial charge in [-0.25, -0.2) is 18.9 Å². The Morgan fingerprint density at radius 3 is 2.61 bits per heavy atom. The summed E-state index contributed by atoms with van der Waals surface area (Å²) in [7, 11) is -3.19. The number of anilines is 1. The van der Waals surface area contributed by atoms with Crippen molar-refractivity contribution in [2.45, 2.75) is 43.5 Å². The molecule has 0 bridgehead atoms. The molecule has 0 spiro atoms. The lowest BCUT2D eigenvalue weighted by molar-refractivity contribution is -0.142. The van der Waals surface area contributed by atoms with Crippen LogP contribution in [0.5, 0.6) is 5.75 Å². The maximum Gasteiger partial charge on any atom is 0.459 e. The highest BCUT2D eigenvalue weighted by molar-refractivity contribution is 7.52. The maximum absolute atomic E-state index is 16.2. The van der Waals surface area contributed by atoms with E-state index in [2.05, 4.69) is 21.0 Å². The molecule has 2 unspecified atom stereocenters. The van der Waals surface area contributed by atoms with Gasteiger partial charge in [-0.15, -0.1) is 6.42 Å². The zero-order valence-electron chi connectivity index (χ0n) is 23.9. The number of nitrogens with one attached hydrogen (secondary N) is 1. The van der Waals surface area contributed by atoms with Crippen LogP contribution in [0.2, 0.25) is 0 Å². The Morgan fingerprint density at radius 2 is 1.95 bits per heavy atom. The van der Waals surface area contributed by atoms with E-state index in [9.17, 15) is 14.5 Å². The molecule has 2 aromatic heterocycles. The molecule has 0 saturated carbocycles. The lowest BCUT2D eigenvalue weighted by Gasteiger charge is -2.26. The molecule has 1 fully saturated rings. The number of aromatic nitrogens is 3. The molecule has 5 rings (SSSR count). The van der Waals surface area contributed by atoms with E-state index < -0.39 is 50.5 Å². The van der Waals surface area contributed by atoms with E-state index in [1.807, 2.05) is 6.07 Å². The van der Waals surface area contributed by atoms with Gasteiger partial charge >= 0.3 is 13.7 Å². The highest BCUT2D eigenvalue weighted by Gasteiger charge is 2.56. The Hall–Kier alpha value is -4.31. The summed E-state index contributed by atoms with van der Waals surface area (Å²) in [5, 5.41) is 14.0. The van der Waals surface area contributed by atoms with Gasteiger partial charge in [-0.3, -0.25) is 9.32 Å². The number of nitrogens with zero attached hydrogens (tertiary/aromatic N) is 3. The molecule has 3 heterocycles. The predicted molar refractivity (Wildman–Crippen MR) is 161 cm³/mol. The van der Waals surface area contributed by atoms with Crippen LogP contribution in [0.1, 0.15) is 25.7 Å². The van der Waals surface area contributed by atoms with Crippen molar-refractivity contribution >= 4 is 30.6 Å². The van der Waals surface area contributed by atoms with Crippen LogP contribution < -0.4 is 15.3 Å². The quantitative estimate of drug-likeness (QED) is 0.126. The van der Waals surface area contributed by atoms with Crippen LogP contribution in [0.4, 0.5) is 10.2 Å². The first kappa shape index (κ1) is 31.1. The first-order valence-electron chi connectivity index (χ1n) is 13.5. The number of terminal acetylenes is 1. The lowest BCUT2D eigenvalue weighted by atomic mass is 9.98. The predicted octanol–water partition coefficient (Wildman–Crippen LogP) is 3.80. The number of nitrogens with two attached hydrogens (primary N) is 1. The minimum absolute atomic E-state index is 0. The van der Waals surface area contributed by atoms with Gasteiger partial charge in [0.25, 0.3) is 0 Å². The molecule has 232 valence electrons. The maximum atomic E-state index is 16.2. The number of carbonyl (C=O) groups is 1.